The van der Waals surface area contributed by atoms with Crippen LogP contribution < -0.4 is 10.1 Å². The summed E-state index contributed by atoms with van der Waals surface area (Å²) in [6.07, 6.45) is 6.82. The summed E-state index contributed by atoms with van der Waals surface area (Å²) in [5.41, 5.74) is 2.58. The molecule has 0 spiro atoms. The molecule has 100 valence electrons. The average molecular weight is 247 g/mol. The fourth-order valence-corrected chi connectivity index (χ4v) is 3.19. The zero-order chi connectivity index (χ0) is 13.0. The third-order valence-corrected chi connectivity index (χ3v) is 4.16. The lowest BCUT2D eigenvalue weighted by Gasteiger charge is -2.31. The van der Waals surface area contributed by atoms with E-state index in [4.69, 9.17) is 4.74 Å². The van der Waals surface area contributed by atoms with E-state index in [0.29, 0.717) is 6.04 Å². The van der Waals surface area contributed by atoms with Gasteiger partial charge in [0.15, 0.2) is 0 Å². The molecule has 1 aromatic rings. The third-order valence-electron chi connectivity index (χ3n) is 4.16. The van der Waals surface area contributed by atoms with E-state index in [1.165, 1.54) is 43.2 Å². The highest BCUT2D eigenvalue weighted by molar-refractivity contribution is 5.39. The topological polar surface area (TPSA) is 21.3 Å². The van der Waals surface area contributed by atoms with Gasteiger partial charge in [-0.25, -0.2) is 0 Å². The smallest absolute Gasteiger partial charge is 0.123 e. The third kappa shape index (κ3) is 2.86. The molecule has 2 nitrogen and oxygen atoms in total. The van der Waals surface area contributed by atoms with Crippen LogP contribution in [0.2, 0.25) is 0 Å². The predicted molar refractivity (Wildman–Crippen MR) is 76.1 cm³/mol. The molecule has 1 aliphatic carbocycles. The van der Waals surface area contributed by atoms with Crippen molar-refractivity contribution in [1.82, 2.24) is 5.32 Å². The summed E-state index contributed by atoms with van der Waals surface area (Å²) >= 11 is 0. The van der Waals surface area contributed by atoms with Gasteiger partial charge in [0.25, 0.3) is 0 Å². The lowest BCUT2D eigenvalue weighted by molar-refractivity contribution is 0.275. The SMILES string of the molecule is CNC(c1ccc(C)cc1OC)C1CCCCC1. The van der Waals surface area contributed by atoms with Crippen molar-refractivity contribution in [2.45, 2.75) is 45.1 Å². The Hall–Kier alpha value is -1.02. The number of benzene rings is 1. The summed E-state index contributed by atoms with van der Waals surface area (Å²) in [6.45, 7) is 2.11. The molecule has 18 heavy (non-hydrogen) atoms. The lowest BCUT2D eigenvalue weighted by atomic mass is 9.81. The Balaban J connectivity index is 2.25. The van der Waals surface area contributed by atoms with Gasteiger partial charge in [-0.05, 0) is 44.4 Å². The molecule has 0 saturated heterocycles. The van der Waals surface area contributed by atoms with Crippen molar-refractivity contribution in [2.24, 2.45) is 5.92 Å². The molecule has 0 aromatic heterocycles. The van der Waals surface area contributed by atoms with E-state index < -0.39 is 0 Å². The van der Waals surface area contributed by atoms with Crippen molar-refractivity contribution in [1.29, 1.82) is 0 Å². The van der Waals surface area contributed by atoms with Gasteiger partial charge >= 0.3 is 0 Å². The van der Waals surface area contributed by atoms with E-state index >= 15 is 0 Å². The Kier molecular flexibility index (Phi) is 4.65. The van der Waals surface area contributed by atoms with Crippen LogP contribution in [0.3, 0.4) is 0 Å². The van der Waals surface area contributed by atoms with Crippen LogP contribution in [0.5, 0.6) is 5.75 Å². The number of nitrogens with one attached hydrogen (secondary N) is 1. The molecule has 0 bridgehead atoms. The number of aryl methyl sites for hydroxylation is 1. The first-order valence-corrected chi connectivity index (χ1v) is 7.08. The molecular formula is C16H25NO. The van der Waals surface area contributed by atoms with Gasteiger partial charge in [0.05, 0.1) is 7.11 Å². The Bertz CT molecular complexity index is 383. The van der Waals surface area contributed by atoms with Crippen molar-refractivity contribution in [3.05, 3.63) is 29.3 Å². The van der Waals surface area contributed by atoms with E-state index in [9.17, 15) is 0 Å². The van der Waals surface area contributed by atoms with Gasteiger partial charge in [-0.3, -0.25) is 0 Å². The van der Waals surface area contributed by atoms with Crippen LogP contribution in [0.15, 0.2) is 18.2 Å². The molecule has 1 saturated carbocycles. The number of rotatable bonds is 4. The quantitative estimate of drug-likeness (QED) is 0.872. The monoisotopic (exact) mass is 247 g/mol. The molecule has 0 radical (unpaired) electrons. The molecule has 1 unspecified atom stereocenters. The van der Waals surface area contributed by atoms with Gasteiger partial charge < -0.3 is 10.1 Å². The minimum Gasteiger partial charge on any atom is -0.496 e. The summed E-state index contributed by atoms with van der Waals surface area (Å²) in [6, 6.07) is 6.98. The lowest BCUT2D eigenvalue weighted by Crippen LogP contribution is -2.27. The summed E-state index contributed by atoms with van der Waals surface area (Å²) in [4.78, 5) is 0. The van der Waals surface area contributed by atoms with Crippen molar-refractivity contribution in [3.63, 3.8) is 0 Å². The van der Waals surface area contributed by atoms with Crippen LogP contribution in [-0.4, -0.2) is 14.2 Å². The molecule has 1 aliphatic rings. The van der Waals surface area contributed by atoms with Crippen LogP contribution in [0.25, 0.3) is 0 Å². The van der Waals surface area contributed by atoms with E-state index in [-0.39, 0.29) is 0 Å². The van der Waals surface area contributed by atoms with E-state index in [0.717, 1.165) is 11.7 Å². The van der Waals surface area contributed by atoms with Crippen molar-refractivity contribution in [3.8, 4) is 5.75 Å². The van der Waals surface area contributed by atoms with Gasteiger partial charge in [0.1, 0.15) is 5.75 Å². The van der Waals surface area contributed by atoms with Crippen molar-refractivity contribution < 1.29 is 4.74 Å². The molecule has 1 atom stereocenters. The Morgan fingerprint density at radius 2 is 1.94 bits per heavy atom. The second-order valence-electron chi connectivity index (χ2n) is 5.41. The summed E-state index contributed by atoms with van der Waals surface area (Å²) in [7, 11) is 3.84. The van der Waals surface area contributed by atoms with Gasteiger partial charge in [-0.1, -0.05) is 31.4 Å². The van der Waals surface area contributed by atoms with Crippen molar-refractivity contribution >= 4 is 0 Å². The zero-order valence-electron chi connectivity index (χ0n) is 11.8. The first-order chi connectivity index (χ1) is 8.76. The molecule has 1 aromatic carbocycles. The van der Waals surface area contributed by atoms with Gasteiger partial charge in [0, 0.05) is 11.6 Å². The van der Waals surface area contributed by atoms with Crippen LogP contribution in [0, 0.1) is 12.8 Å². The Morgan fingerprint density at radius 3 is 2.56 bits per heavy atom. The van der Waals surface area contributed by atoms with Gasteiger partial charge in [-0.15, -0.1) is 0 Å². The molecule has 0 aliphatic heterocycles. The van der Waals surface area contributed by atoms with E-state index in [1.54, 1.807) is 7.11 Å². The second kappa shape index (κ2) is 6.24. The molecule has 0 heterocycles. The maximum atomic E-state index is 5.56. The summed E-state index contributed by atoms with van der Waals surface area (Å²) in [5.74, 6) is 1.78. The highest BCUT2D eigenvalue weighted by Gasteiger charge is 2.25. The standard InChI is InChI=1S/C16H25NO/c1-12-9-10-14(15(11-12)18-3)16(17-2)13-7-5-4-6-8-13/h9-11,13,16-17H,4-8H2,1-3H3. The van der Waals surface area contributed by atoms with Gasteiger partial charge in [-0.2, -0.15) is 0 Å². The minimum absolute atomic E-state index is 0.431. The fourth-order valence-electron chi connectivity index (χ4n) is 3.19. The van der Waals surface area contributed by atoms with Crippen LogP contribution >= 0.6 is 0 Å². The first-order valence-electron chi connectivity index (χ1n) is 7.08. The van der Waals surface area contributed by atoms with Crippen LogP contribution in [0.1, 0.15) is 49.3 Å². The van der Waals surface area contributed by atoms with Gasteiger partial charge in [0.2, 0.25) is 0 Å². The molecular weight excluding hydrogens is 222 g/mol. The van der Waals surface area contributed by atoms with E-state index in [2.05, 4.69) is 37.5 Å². The summed E-state index contributed by atoms with van der Waals surface area (Å²) in [5, 5.41) is 3.50. The molecule has 0 amide bonds. The maximum absolute atomic E-state index is 5.56. The highest BCUT2D eigenvalue weighted by Crippen LogP contribution is 2.37. The normalized spacial score (nSPS) is 18.6. The molecule has 1 N–H and O–H groups in total. The average Bonchev–Trinajstić information content (AvgIpc) is 2.42. The fraction of sp³-hybridized carbons (Fsp3) is 0.625. The number of hydrogen-bond acceptors (Lipinski definition) is 2. The second-order valence-corrected chi connectivity index (χ2v) is 5.41. The Morgan fingerprint density at radius 1 is 1.22 bits per heavy atom. The zero-order valence-corrected chi connectivity index (χ0v) is 11.8. The minimum atomic E-state index is 0.431. The van der Waals surface area contributed by atoms with E-state index in [1.807, 2.05) is 0 Å². The number of methoxy groups -OCH3 is 1. The van der Waals surface area contributed by atoms with Crippen LogP contribution in [0.4, 0.5) is 0 Å². The van der Waals surface area contributed by atoms with Crippen molar-refractivity contribution in [2.75, 3.05) is 14.2 Å². The number of hydrogen-bond donors (Lipinski definition) is 1. The number of ether oxygens (including phenoxy) is 1. The Labute approximate surface area is 111 Å². The largest absolute Gasteiger partial charge is 0.496 e. The molecule has 1 fully saturated rings. The molecule has 2 rings (SSSR count). The maximum Gasteiger partial charge on any atom is 0.123 e. The first kappa shape index (κ1) is 13.4. The predicted octanol–water partition coefficient (Wildman–Crippen LogP) is 3.84. The summed E-state index contributed by atoms with van der Waals surface area (Å²) < 4.78 is 5.56. The highest BCUT2D eigenvalue weighted by atomic mass is 16.5. The van der Waals surface area contributed by atoms with Crippen LogP contribution in [-0.2, 0) is 0 Å². The molecule has 2 heteroatoms.